The van der Waals surface area contributed by atoms with Gasteiger partial charge in [-0.05, 0) is 57.5 Å². The van der Waals surface area contributed by atoms with Gasteiger partial charge < -0.3 is 24.5 Å². The highest BCUT2D eigenvalue weighted by atomic mass is 16.6. The lowest BCUT2D eigenvalue weighted by atomic mass is 9.91. The molecule has 0 aromatic heterocycles. The first-order chi connectivity index (χ1) is 15.6. The fourth-order valence-electron chi connectivity index (χ4n) is 6.04. The number of carboxylic acid groups (broad SMARTS) is 1. The Kier molecular flexibility index (Phi) is 8.66. The van der Waals surface area contributed by atoms with Crippen LogP contribution in [0, 0.1) is 5.92 Å². The average molecular weight is 451 g/mol. The molecule has 3 saturated heterocycles. The maximum absolute atomic E-state index is 12.3. The molecule has 32 heavy (non-hydrogen) atoms. The quantitative estimate of drug-likeness (QED) is 0.547. The summed E-state index contributed by atoms with van der Waals surface area (Å²) in [7, 11) is 0. The molecule has 0 aromatic carbocycles. The monoisotopic (exact) mass is 450 g/mol. The number of aliphatic carboxylic acids is 1. The van der Waals surface area contributed by atoms with Gasteiger partial charge in [-0.2, -0.15) is 0 Å². The largest absolute Gasteiger partial charge is 0.481 e. The predicted octanol–water partition coefficient (Wildman–Crippen LogP) is 2.33. The van der Waals surface area contributed by atoms with Crippen molar-refractivity contribution in [2.24, 2.45) is 5.92 Å². The van der Waals surface area contributed by atoms with Crippen LogP contribution in [0.25, 0.3) is 0 Å². The molecule has 1 aliphatic carbocycles. The molecule has 1 saturated carbocycles. The lowest BCUT2D eigenvalue weighted by Gasteiger charge is -2.36. The second-order valence-electron chi connectivity index (χ2n) is 10.3. The van der Waals surface area contributed by atoms with Gasteiger partial charge in [0.25, 0.3) is 0 Å². The molecule has 8 heteroatoms. The molecule has 0 bridgehead atoms. The number of piperidine rings is 1. The van der Waals surface area contributed by atoms with Crippen LogP contribution in [0.15, 0.2) is 0 Å². The summed E-state index contributed by atoms with van der Waals surface area (Å²) >= 11 is 0. The van der Waals surface area contributed by atoms with Gasteiger partial charge in [0, 0.05) is 51.9 Å². The van der Waals surface area contributed by atoms with Crippen molar-refractivity contribution in [3.63, 3.8) is 0 Å². The SMILES string of the molecule is O=C(O)CCN1CCN(CC2CN(CCCC3CCN(C4CCCC4)CC3)C(=O)O2)CC1. The zero-order valence-electron chi connectivity index (χ0n) is 19.6. The summed E-state index contributed by atoms with van der Waals surface area (Å²) in [4.78, 5) is 32.2. The van der Waals surface area contributed by atoms with Gasteiger partial charge in [0.05, 0.1) is 13.0 Å². The van der Waals surface area contributed by atoms with Crippen molar-refractivity contribution >= 4 is 12.1 Å². The summed E-state index contributed by atoms with van der Waals surface area (Å²) in [6.07, 6.45) is 10.6. The number of carbonyl (C=O) groups is 2. The van der Waals surface area contributed by atoms with Gasteiger partial charge in [0.1, 0.15) is 6.10 Å². The molecule has 0 radical (unpaired) electrons. The Bertz CT molecular complexity index is 611. The summed E-state index contributed by atoms with van der Waals surface area (Å²) in [5.41, 5.74) is 0. The molecule has 0 spiro atoms. The van der Waals surface area contributed by atoms with E-state index >= 15 is 0 Å². The van der Waals surface area contributed by atoms with Crippen molar-refractivity contribution < 1.29 is 19.4 Å². The van der Waals surface area contributed by atoms with E-state index in [0.717, 1.165) is 57.6 Å². The van der Waals surface area contributed by atoms with Gasteiger partial charge >= 0.3 is 12.1 Å². The van der Waals surface area contributed by atoms with E-state index in [-0.39, 0.29) is 18.6 Å². The number of rotatable bonds is 10. The molecule has 8 nitrogen and oxygen atoms in total. The Balaban J connectivity index is 1.08. The van der Waals surface area contributed by atoms with Crippen LogP contribution in [0.1, 0.15) is 57.8 Å². The third-order valence-electron chi connectivity index (χ3n) is 8.05. The Morgan fingerprint density at radius 3 is 2.31 bits per heavy atom. The van der Waals surface area contributed by atoms with Crippen LogP contribution < -0.4 is 0 Å². The molecule has 4 rings (SSSR count). The minimum absolute atomic E-state index is 0.0391. The van der Waals surface area contributed by atoms with Crippen LogP contribution in [0.5, 0.6) is 0 Å². The molecule has 1 unspecified atom stereocenters. The van der Waals surface area contributed by atoms with E-state index < -0.39 is 5.97 Å². The first-order valence-electron chi connectivity index (χ1n) is 12.9. The number of nitrogens with zero attached hydrogens (tertiary/aromatic N) is 4. The Morgan fingerprint density at radius 1 is 0.938 bits per heavy atom. The van der Waals surface area contributed by atoms with Gasteiger partial charge in [-0.1, -0.05) is 12.8 Å². The van der Waals surface area contributed by atoms with Crippen LogP contribution in [-0.2, 0) is 9.53 Å². The van der Waals surface area contributed by atoms with Gasteiger partial charge in [0.2, 0.25) is 0 Å². The number of likely N-dealkylation sites (tertiary alicyclic amines) is 1. The first kappa shape index (κ1) is 23.8. The summed E-state index contributed by atoms with van der Waals surface area (Å²) in [6, 6.07) is 0.861. The van der Waals surface area contributed by atoms with Crippen molar-refractivity contribution in [2.45, 2.75) is 69.9 Å². The number of ether oxygens (including phenoxy) is 1. The van der Waals surface area contributed by atoms with Crippen LogP contribution in [0.2, 0.25) is 0 Å². The van der Waals surface area contributed by atoms with Gasteiger partial charge in [-0.15, -0.1) is 0 Å². The number of hydrogen-bond donors (Lipinski definition) is 1. The first-order valence-corrected chi connectivity index (χ1v) is 12.9. The lowest BCUT2D eigenvalue weighted by Crippen LogP contribution is -2.49. The highest BCUT2D eigenvalue weighted by molar-refractivity contribution is 5.69. The summed E-state index contributed by atoms with van der Waals surface area (Å²) in [5.74, 6) is 0.0828. The Hall–Kier alpha value is -1.38. The van der Waals surface area contributed by atoms with E-state index in [2.05, 4.69) is 14.7 Å². The number of carbonyl (C=O) groups excluding carboxylic acids is 1. The highest BCUT2D eigenvalue weighted by Gasteiger charge is 2.33. The van der Waals surface area contributed by atoms with E-state index in [1.54, 1.807) is 0 Å². The van der Waals surface area contributed by atoms with Crippen molar-refractivity contribution in [1.29, 1.82) is 0 Å². The third kappa shape index (κ3) is 6.81. The Labute approximate surface area is 192 Å². The standard InChI is InChI=1S/C24H42N4O4/c29-23(30)9-11-25-14-16-26(17-15-25)18-22-19-28(24(31)32-22)10-3-4-20-7-12-27(13-8-20)21-5-1-2-6-21/h20-22H,1-19H2,(H,29,30). The second-order valence-corrected chi connectivity index (χ2v) is 10.3. The predicted molar refractivity (Wildman–Crippen MR) is 123 cm³/mol. The fraction of sp³-hybridized carbons (Fsp3) is 0.917. The fourth-order valence-corrected chi connectivity index (χ4v) is 6.04. The Morgan fingerprint density at radius 2 is 1.62 bits per heavy atom. The molecule has 4 fully saturated rings. The topological polar surface area (TPSA) is 76.6 Å². The maximum atomic E-state index is 12.3. The molecule has 182 valence electrons. The average Bonchev–Trinajstić information content (AvgIpc) is 3.44. The van der Waals surface area contributed by atoms with Gasteiger partial charge in [0.15, 0.2) is 0 Å². The smallest absolute Gasteiger partial charge is 0.410 e. The highest BCUT2D eigenvalue weighted by Crippen LogP contribution is 2.29. The third-order valence-corrected chi connectivity index (χ3v) is 8.05. The molecule has 1 amide bonds. The molecular weight excluding hydrogens is 408 g/mol. The van der Waals surface area contributed by atoms with E-state index in [0.29, 0.717) is 13.1 Å². The molecule has 0 aromatic rings. The van der Waals surface area contributed by atoms with E-state index in [9.17, 15) is 9.59 Å². The van der Waals surface area contributed by atoms with Crippen LogP contribution in [0.4, 0.5) is 4.79 Å². The molecule has 3 heterocycles. The zero-order valence-corrected chi connectivity index (χ0v) is 19.6. The second kappa shape index (κ2) is 11.7. The van der Waals surface area contributed by atoms with Crippen molar-refractivity contribution in [3.05, 3.63) is 0 Å². The lowest BCUT2D eigenvalue weighted by molar-refractivity contribution is -0.137. The number of piperazine rings is 1. The number of cyclic esters (lactones) is 1. The van der Waals surface area contributed by atoms with Crippen LogP contribution in [-0.4, -0.2) is 114 Å². The van der Waals surface area contributed by atoms with E-state index in [1.807, 2.05) is 4.90 Å². The van der Waals surface area contributed by atoms with Crippen molar-refractivity contribution in [2.75, 3.05) is 65.4 Å². The molecule has 3 aliphatic heterocycles. The summed E-state index contributed by atoms with van der Waals surface area (Å²) in [5, 5.41) is 8.83. The minimum Gasteiger partial charge on any atom is -0.481 e. The van der Waals surface area contributed by atoms with E-state index in [1.165, 1.54) is 58.0 Å². The van der Waals surface area contributed by atoms with Crippen molar-refractivity contribution in [1.82, 2.24) is 19.6 Å². The number of amides is 1. The molecule has 1 atom stereocenters. The van der Waals surface area contributed by atoms with E-state index in [4.69, 9.17) is 9.84 Å². The summed E-state index contributed by atoms with van der Waals surface area (Å²) in [6.45, 7) is 9.07. The zero-order chi connectivity index (χ0) is 22.3. The van der Waals surface area contributed by atoms with Gasteiger partial charge in [-0.3, -0.25) is 9.69 Å². The molecular formula is C24H42N4O4. The summed E-state index contributed by atoms with van der Waals surface area (Å²) < 4.78 is 5.64. The van der Waals surface area contributed by atoms with Crippen molar-refractivity contribution in [3.8, 4) is 0 Å². The van der Waals surface area contributed by atoms with Crippen LogP contribution in [0.3, 0.4) is 0 Å². The number of hydrogen-bond acceptors (Lipinski definition) is 6. The number of carboxylic acids is 1. The molecule has 4 aliphatic rings. The van der Waals surface area contributed by atoms with Crippen LogP contribution >= 0.6 is 0 Å². The van der Waals surface area contributed by atoms with Gasteiger partial charge in [-0.25, -0.2) is 4.79 Å². The maximum Gasteiger partial charge on any atom is 0.410 e. The normalized spacial score (nSPS) is 27.3. The molecule has 1 N–H and O–H groups in total. The minimum atomic E-state index is -0.736.